The number of rotatable bonds is 4. The van der Waals surface area contributed by atoms with E-state index in [0.717, 1.165) is 38.8 Å². The summed E-state index contributed by atoms with van der Waals surface area (Å²) in [5.74, 6) is 0.705. The van der Waals surface area contributed by atoms with Crippen LogP contribution in [0, 0.1) is 5.92 Å². The van der Waals surface area contributed by atoms with Gasteiger partial charge in [0.05, 0.1) is 12.4 Å². The van der Waals surface area contributed by atoms with Crippen molar-refractivity contribution in [2.75, 3.05) is 20.1 Å². The first-order valence-corrected chi connectivity index (χ1v) is 9.69. The first kappa shape index (κ1) is 17.3. The van der Waals surface area contributed by atoms with Crippen LogP contribution in [0.25, 0.3) is 0 Å². The molecule has 0 spiro atoms. The maximum absolute atomic E-state index is 12.9. The van der Waals surface area contributed by atoms with Crippen molar-refractivity contribution in [2.45, 2.75) is 43.7 Å². The normalized spacial score (nSPS) is 29.8. The molecule has 140 valence electrons. The molecule has 1 aliphatic heterocycles. The fraction of sp³-hybridized carbons (Fsp3) is 0.600. The lowest BCUT2D eigenvalue weighted by Crippen LogP contribution is -2.43. The summed E-state index contributed by atoms with van der Waals surface area (Å²) in [6, 6.07) is 4.88. The number of carbonyl (C=O) groups is 1. The number of nitrogens with one attached hydrogen (secondary N) is 1. The highest BCUT2D eigenvalue weighted by Gasteiger charge is 2.36. The first-order chi connectivity index (χ1) is 12.6. The van der Waals surface area contributed by atoms with E-state index in [4.69, 9.17) is 0 Å². The highest BCUT2D eigenvalue weighted by atomic mass is 16.2. The van der Waals surface area contributed by atoms with E-state index in [1.54, 1.807) is 0 Å². The number of imidazole rings is 1. The molecule has 1 N–H and O–H groups in total. The van der Waals surface area contributed by atoms with E-state index in [9.17, 15) is 4.79 Å². The molecule has 0 unspecified atom stereocenters. The molecular formula is C20H29N5O. The van der Waals surface area contributed by atoms with E-state index >= 15 is 0 Å². The van der Waals surface area contributed by atoms with Gasteiger partial charge < -0.3 is 19.4 Å². The number of hydrogen-bond donors (Lipinski definition) is 1. The fourth-order valence-corrected chi connectivity index (χ4v) is 4.70. The van der Waals surface area contributed by atoms with Gasteiger partial charge in [-0.2, -0.15) is 0 Å². The number of amides is 1. The molecule has 2 atom stereocenters. The minimum Gasteiger partial charge on any atom is -0.351 e. The van der Waals surface area contributed by atoms with Crippen LogP contribution in [0.4, 0.5) is 0 Å². The molecule has 1 aliphatic carbocycles. The minimum atomic E-state index is 0.153. The molecule has 4 rings (SSSR count). The quantitative estimate of drug-likeness (QED) is 0.914. The van der Waals surface area contributed by atoms with Gasteiger partial charge in [-0.1, -0.05) is 0 Å². The topological polar surface area (TPSA) is 55.1 Å². The number of carbonyl (C=O) groups excluding carboxylic acids is 1. The third-order valence-electron chi connectivity index (χ3n) is 6.18. The minimum absolute atomic E-state index is 0.153. The molecule has 6 nitrogen and oxygen atoms in total. The molecular weight excluding hydrogens is 326 g/mol. The van der Waals surface area contributed by atoms with Crippen molar-refractivity contribution in [1.82, 2.24) is 24.3 Å². The lowest BCUT2D eigenvalue weighted by Gasteiger charge is -2.30. The van der Waals surface area contributed by atoms with Crippen LogP contribution in [0.2, 0.25) is 0 Å². The molecule has 2 aromatic heterocycles. The zero-order valence-corrected chi connectivity index (χ0v) is 15.7. The number of nitrogens with zero attached hydrogens (tertiary/aromatic N) is 4. The molecule has 0 bridgehead atoms. The van der Waals surface area contributed by atoms with Crippen molar-refractivity contribution in [3.8, 4) is 0 Å². The van der Waals surface area contributed by atoms with Gasteiger partial charge in [0.25, 0.3) is 0 Å². The van der Waals surface area contributed by atoms with E-state index in [-0.39, 0.29) is 17.9 Å². The summed E-state index contributed by atoms with van der Waals surface area (Å²) in [4.78, 5) is 19.4. The second-order valence-electron chi connectivity index (χ2n) is 8.01. The van der Waals surface area contributed by atoms with Crippen LogP contribution in [0.15, 0.2) is 37.1 Å². The molecule has 2 aromatic rings. The molecule has 0 radical (unpaired) electrons. The van der Waals surface area contributed by atoms with Crippen molar-refractivity contribution in [1.29, 1.82) is 0 Å². The number of likely N-dealkylation sites (N-methyl/N-ethyl adjacent to an activating group) is 1. The van der Waals surface area contributed by atoms with Crippen LogP contribution in [0.1, 0.15) is 43.3 Å². The van der Waals surface area contributed by atoms with Gasteiger partial charge in [0.1, 0.15) is 0 Å². The van der Waals surface area contributed by atoms with Gasteiger partial charge in [-0.15, -0.1) is 0 Å². The van der Waals surface area contributed by atoms with Crippen molar-refractivity contribution in [3.05, 3.63) is 42.7 Å². The standard InChI is InChI=1S/C20H29N5O/c1-23-12-17(19-11-21-14-24(19)2)18(13-23)22-20(26)15-5-7-16(8-6-15)25-9-3-4-10-25/h3-4,9-11,14-18H,5-8,12-13H2,1-2H3,(H,22,26)/t15?,16?,17-,18-/m1/s1. The number of aryl methyl sites for hydroxylation is 1. The lowest BCUT2D eigenvalue weighted by molar-refractivity contribution is -0.126. The Morgan fingerprint density at radius 2 is 1.85 bits per heavy atom. The molecule has 1 saturated carbocycles. The monoisotopic (exact) mass is 355 g/mol. The number of hydrogen-bond acceptors (Lipinski definition) is 3. The van der Waals surface area contributed by atoms with E-state index < -0.39 is 0 Å². The van der Waals surface area contributed by atoms with Crippen LogP contribution >= 0.6 is 0 Å². The highest BCUT2D eigenvalue weighted by molar-refractivity contribution is 5.79. The van der Waals surface area contributed by atoms with Gasteiger partial charge in [-0.3, -0.25) is 4.79 Å². The van der Waals surface area contributed by atoms with E-state index in [1.807, 2.05) is 19.6 Å². The van der Waals surface area contributed by atoms with E-state index in [1.165, 1.54) is 5.69 Å². The summed E-state index contributed by atoms with van der Waals surface area (Å²) >= 11 is 0. The summed E-state index contributed by atoms with van der Waals surface area (Å²) in [6.07, 6.45) is 12.2. The molecule has 6 heteroatoms. The molecule has 2 fully saturated rings. The SMILES string of the molecule is CN1C[C@@H](NC(=O)C2CCC(n3cccc3)CC2)[C@H](c2cncn2C)C1. The number of likely N-dealkylation sites (tertiary alicyclic amines) is 1. The lowest BCUT2D eigenvalue weighted by atomic mass is 9.85. The smallest absolute Gasteiger partial charge is 0.223 e. The van der Waals surface area contributed by atoms with E-state index in [0.29, 0.717) is 12.0 Å². The third kappa shape index (κ3) is 3.43. The van der Waals surface area contributed by atoms with Crippen molar-refractivity contribution >= 4 is 5.91 Å². The van der Waals surface area contributed by atoms with Gasteiger partial charge in [0.2, 0.25) is 5.91 Å². The second-order valence-corrected chi connectivity index (χ2v) is 8.01. The van der Waals surface area contributed by atoms with Gasteiger partial charge in [0, 0.05) is 62.3 Å². The third-order valence-corrected chi connectivity index (χ3v) is 6.18. The summed E-state index contributed by atoms with van der Waals surface area (Å²) in [5, 5.41) is 3.37. The molecule has 1 amide bonds. The number of aromatic nitrogens is 3. The summed E-state index contributed by atoms with van der Waals surface area (Å²) in [5.41, 5.74) is 1.20. The fourth-order valence-electron chi connectivity index (χ4n) is 4.70. The Morgan fingerprint density at radius 1 is 1.12 bits per heavy atom. The second kappa shape index (κ2) is 7.27. The first-order valence-electron chi connectivity index (χ1n) is 9.69. The predicted octanol–water partition coefficient (Wildman–Crippen LogP) is 2.17. The molecule has 2 aliphatic rings. The molecule has 0 aromatic carbocycles. The Bertz CT molecular complexity index is 729. The van der Waals surface area contributed by atoms with Crippen LogP contribution in [-0.2, 0) is 11.8 Å². The zero-order chi connectivity index (χ0) is 18.1. The largest absolute Gasteiger partial charge is 0.351 e. The summed E-state index contributed by atoms with van der Waals surface area (Å²) < 4.78 is 4.36. The van der Waals surface area contributed by atoms with Gasteiger partial charge in [0.15, 0.2) is 0 Å². The summed E-state index contributed by atoms with van der Waals surface area (Å²) in [6.45, 7) is 1.87. The molecule has 26 heavy (non-hydrogen) atoms. The van der Waals surface area contributed by atoms with Crippen molar-refractivity contribution < 1.29 is 4.79 Å². The molecule has 1 saturated heterocycles. The maximum Gasteiger partial charge on any atom is 0.223 e. The Hall–Kier alpha value is -2.08. The van der Waals surface area contributed by atoms with E-state index in [2.05, 4.69) is 55.9 Å². The predicted molar refractivity (Wildman–Crippen MR) is 101 cm³/mol. The Labute approximate surface area is 155 Å². The van der Waals surface area contributed by atoms with Gasteiger partial charge in [-0.05, 0) is 44.9 Å². The average Bonchev–Trinajstić information content (AvgIpc) is 3.36. The zero-order valence-electron chi connectivity index (χ0n) is 15.7. The average molecular weight is 355 g/mol. The van der Waals surface area contributed by atoms with Crippen LogP contribution in [0.3, 0.4) is 0 Å². The summed E-state index contributed by atoms with van der Waals surface area (Å²) in [7, 11) is 4.15. The Kier molecular flexibility index (Phi) is 4.85. The van der Waals surface area contributed by atoms with Gasteiger partial charge >= 0.3 is 0 Å². The van der Waals surface area contributed by atoms with Crippen LogP contribution in [-0.4, -0.2) is 51.1 Å². The molecule has 3 heterocycles. The van der Waals surface area contributed by atoms with Crippen LogP contribution < -0.4 is 5.32 Å². The maximum atomic E-state index is 12.9. The van der Waals surface area contributed by atoms with Crippen molar-refractivity contribution in [2.24, 2.45) is 13.0 Å². The Morgan fingerprint density at radius 3 is 2.50 bits per heavy atom. The van der Waals surface area contributed by atoms with Crippen LogP contribution in [0.5, 0.6) is 0 Å². The van der Waals surface area contributed by atoms with Gasteiger partial charge in [-0.25, -0.2) is 4.98 Å². The Balaban J connectivity index is 1.36. The highest BCUT2D eigenvalue weighted by Crippen LogP contribution is 2.33. The van der Waals surface area contributed by atoms with Crippen molar-refractivity contribution in [3.63, 3.8) is 0 Å².